The molecule has 0 unspecified atom stereocenters. The van der Waals surface area contributed by atoms with Crippen LogP contribution in [0.5, 0.6) is 5.75 Å². The summed E-state index contributed by atoms with van der Waals surface area (Å²) in [4.78, 5) is 20.3. The van der Waals surface area contributed by atoms with Gasteiger partial charge in [0.25, 0.3) is 5.69 Å². The first kappa shape index (κ1) is 10.5. The number of aldehydes is 1. The minimum Gasteiger partial charge on any atom is -0.496 e. The average Bonchev–Trinajstić information content (AvgIpc) is 2.17. The van der Waals surface area contributed by atoms with Gasteiger partial charge >= 0.3 is 0 Å². The number of carbonyl (C=O) groups is 1. The van der Waals surface area contributed by atoms with Gasteiger partial charge in [-0.1, -0.05) is 11.6 Å². The van der Waals surface area contributed by atoms with E-state index in [9.17, 15) is 14.9 Å². The largest absolute Gasteiger partial charge is 0.496 e. The zero-order chi connectivity index (χ0) is 10.7. The summed E-state index contributed by atoms with van der Waals surface area (Å²) in [6.45, 7) is 0. The van der Waals surface area contributed by atoms with Gasteiger partial charge in [0, 0.05) is 5.56 Å². The molecule has 1 aromatic rings. The molecule has 0 spiro atoms. The number of nitro benzene ring substituents is 1. The monoisotopic (exact) mass is 215 g/mol. The van der Waals surface area contributed by atoms with Gasteiger partial charge in [-0.2, -0.15) is 0 Å². The molecule has 0 amide bonds. The molecule has 0 N–H and O–H groups in total. The summed E-state index contributed by atoms with van der Waals surface area (Å²) in [6.07, 6.45) is 0.442. The van der Waals surface area contributed by atoms with Crippen LogP contribution >= 0.6 is 11.6 Å². The normalized spacial score (nSPS) is 9.57. The van der Waals surface area contributed by atoms with Crippen molar-refractivity contribution in [3.63, 3.8) is 0 Å². The molecule has 0 radical (unpaired) electrons. The Balaban J connectivity index is 3.41. The Morgan fingerprint density at radius 2 is 2.21 bits per heavy atom. The van der Waals surface area contributed by atoms with E-state index in [0.717, 1.165) is 6.07 Å². The minimum atomic E-state index is -0.669. The maximum atomic E-state index is 10.5. The van der Waals surface area contributed by atoms with E-state index in [-0.39, 0.29) is 22.0 Å². The van der Waals surface area contributed by atoms with E-state index in [0.29, 0.717) is 6.29 Å². The van der Waals surface area contributed by atoms with Gasteiger partial charge in [0.15, 0.2) is 6.29 Å². The molecular weight excluding hydrogens is 210 g/mol. The number of hydrogen-bond acceptors (Lipinski definition) is 4. The predicted molar refractivity (Wildman–Crippen MR) is 50.0 cm³/mol. The molecule has 1 rings (SSSR count). The molecule has 0 aliphatic carbocycles. The fourth-order valence-corrected chi connectivity index (χ4v) is 1.16. The molecule has 1 aromatic carbocycles. The van der Waals surface area contributed by atoms with Crippen molar-refractivity contribution in [2.75, 3.05) is 7.11 Å². The van der Waals surface area contributed by atoms with Gasteiger partial charge in [-0.15, -0.1) is 0 Å². The Hall–Kier alpha value is -1.62. The average molecular weight is 216 g/mol. The number of hydrogen-bond donors (Lipinski definition) is 0. The van der Waals surface area contributed by atoms with Crippen LogP contribution in [0.25, 0.3) is 0 Å². The third-order valence-corrected chi connectivity index (χ3v) is 2.03. The number of nitrogens with zero attached hydrogens (tertiary/aromatic N) is 1. The highest BCUT2D eigenvalue weighted by Gasteiger charge is 2.17. The summed E-state index contributed by atoms with van der Waals surface area (Å²) in [6, 6.07) is 2.50. The maximum Gasteiger partial charge on any atom is 0.292 e. The van der Waals surface area contributed by atoms with Crippen LogP contribution in [-0.2, 0) is 0 Å². The van der Waals surface area contributed by atoms with Gasteiger partial charge in [0.2, 0.25) is 0 Å². The van der Waals surface area contributed by atoms with Crippen molar-refractivity contribution in [2.45, 2.75) is 0 Å². The van der Waals surface area contributed by atoms with E-state index in [4.69, 9.17) is 16.3 Å². The van der Waals surface area contributed by atoms with E-state index >= 15 is 0 Å². The Morgan fingerprint density at radius 1 is 1.57 bits per heavy atom. The molecular formula is C8H6ClNO4. The second kappa shape index (κ2) is 4.06. The highest BCUT2D eigenvalue weighted by atomic mass is 35.5. The van der Waals surface area contributed by atoms with Crippen LogP contribution < -0.4 is 4.74 Å². The quantitative estimate of drug-likeness (QED) is 0.440. The number of halogens is 1. The first-order chi connectivity index (χ1) is 6.60. The fraction of sp³-hybridized carbons (Fsp3) is 0.125. The van der Waals surface area contributed by atoms with Gasteiger partial charge in [-0.25, -0.2) is 0 Å². The van der Waals surface area contributed by atoms with Gasteiger partial charge in [-0.05, 0) is 6.07 Å². The van der Waals surface area contributed by atoms with Gasteiger partial charge < -0.3 is 4.74 Å². The molecule has 0 heterocycles. The molecule has 0 aliphatic heterocycles. The summed E-state index contributed by atoms with van der Waals surface area (Å²) in [5.74, 6) is 0.225. The van der Waals surface area contributed by atoms with Crippen LogP contribution in [0.1, 0.15) is 10.4 Å². The topological polar surface area (TPSA) is 69.4 Å². The van der Waals surface area contributed by atoms with Crippen LogP contribution in [0.15, 0.2) is 12.1 Å². The number of methoxy groups -OCH3 is 1. The smallest absolute Gasteiger partial charge is 0.292 e. The number of carbonyl (C=O) groups excluding carboxylic acids is 1. The molecule has 5 nitrogen and oxygen atoms in total. The zero-order valence-corrected chi connectivity index (χ0v) is 7.95. The standard InChI is InChI=1S/C8H6ClNO4/c1-14-6-2-5(4-11)8(9)7(3-6)10(12)13/h2-4H,1H3. The lowest BCUT2D eigenvalue weighted by Gasteiger charge is -2.02. The van der Waals surface area contributed by atoms with Crippen molar-refractivity contribution in [3.8, 4) is 5.75 Å². The maximum absolute atomic E-state index is 10.5. The number of benzene rings is 1. The summed E-state index contributed by atoms with van der Waals surface area (Å²) in [7, 11) is 1.35. The zero-order valence-electron chi connectivity index (χ0n) is 7.19. The third kappa shape index (κ3) is 1.82. The molecule has 14 heavy (non-hydrogen) atoms. The van der Waals surface area contributed by atoms with Crippen molar-refractivity contribution < 1.29 is 14.5 Å². The molecule has 0 saturated heterocycles. The first-order valence-electron chi connectivity index (χ1n) is 3.57. The highest BCUT2D eigenvalue weighted by molar-refractivity contribution is 6.35. The Bertz CT molecular complexity index is 391. The van der Waals surface area contributed by atoms with Crippen LogP contribution in [0.2, 0.25) is 5.02 Å². The lowest BCUT2D eigenvalue weighted by Crippen LogP contribution is -1.95. The van der Waals surface area contributed by atoms with Crippen molar-refractivity contribution in [3.05, 3.63) is 32.8 Å². The number of rotatable bonds is 3. The van der Waals surface area contributed by atoms with E-state index in [1.807, 2.05) is 0 Å². The summed E-state index contributed by atoms with van der Waals surface area (Å²) >= 11 is 5.60. The Labute approximate surface area is 84.4 Å². The predicted octanol–water partition coefficient (Wildman–Crippen LogP) is 2.07. The highest BCUT2D eigenvalue weighted by Crippen LogP contribution is 2.31. The summed E-state index contributed by atoms with van der Waals surface area (Å²) in [5.41, 5.74) is -0.300. The van der Waals surface area contributed by atoms with E-state index in [1.54, 1.807) is 0 Å². The van der Waals surface area contributed by atoms with Crippen LogP contribution in [0, 0.1) is 10.1 Å². The lowest BCUT2D eigenvalue weighted by molar-refractivity contribution is -0.384. The van der Waals surface area contributed by atoms with Gasteiger partial charge in [-0.3, -0.25) is 14.9 Å². The van der Waals surface area contributed by atoms with Gasteiger partial charge in [0.05, 0.1) is 18.1 Å². The van der Waals surface area contributed by atoms with Crippen molar-refractivity contribution in [2.24, 2.45) is 0 Å². The first-order valence-corrected chi connectivity index (χ1v) is 3.95. The SMILES string of the molecule is COc1cc(C=O)c(Cl)c([N+](=O)[O-])c1. The van der Waals surface area contributed by atoms with Gasteiger partial charge in [0.1, 0.15) is 10.8 Å². The molecule has 0 fully saturated rings. The van der Waals surface area contributed by atoms with Crippen LogP contribution in [-0.4, -0.2) is 18.3 Å². The molecule has 0 aromatic heterocycles. The number of ether oxygens (including phenoxy) is 1. The summed E-state index contributed by atoms with van der Waals surface area (Å²) < 4.78 is 4.78. The van der Waals surface area contributed by atoms with E-state index in [1.165, 1.54) is 13.2 Å². The summed E-state index contributed by atoms with van der Waals surface area (Å²) in [5, 5.41) is 10.3. The number of nitro groups is 1. The molecule has 0 bridgehead atoms. The second-order valence-electron chi connectivity index (χ2n) is 2.42. The lowest BCUT2D eigenvalue weighted by atomic mass is 10.2. The van der Waals surface area contributed by atoms with Crippen molar-refractivity contribution in [1.82, 2.24) is 0 Å². The molecule has 0 aliphatic rings. The van der Waals surface area contributed by atoms with Crippen molar-refractivity contribution in [1.29, 1.82) is 0 Å². The van der Waals surface area contributed by atoms with Crippen LogP contribution in [0.4, 0.5) is 5.69 Å². The second-order valence-corrected chi connectivity index (χ2v) is 2.80. The molecule has 74 valence electrons. The van der Waals surface area contributed by atoms with Crippen LogP contribution in [0.3, 0.4) is 0 Å². The van der Waals surface area contributed by atoms with E-state index < -0.39 is 4.92 Å². The molecule has 0 saturated carbocycles. The van der Waals surface area contributed by atoms with E-state index in [2.05, 4.69) is 0 Å². The Kier molecular flexibility index (Phi) is 3.03. The minimum absolute atomic E-state index is 0.0396. The third-order valence-electron chi connectivity index (χ3n) is 1.61. The molecule has 6 heteroatoms. The van der Waals surface area contributed by atoms with Crippen molar-refractivity contribution >= 4 is 23.6 Å². The fourth-order valence-electron chi connectivity index (χ4n) is 0.941. The molecule has 0 atom stereocenters. The Morgan fingerprint density at radius 3 is 2.64 bits per heavy atom.